The van der Waals surface area contributed by atoms with E-state index < -0.39 is 0 Å². The second-order valence-electron chi connectivity index (χ2n) is 4.25. The van der Waals surface area contributed by atoms with Crippen LogP contribution in [0.3, 0.4) is 0 Å². The molecule has 2 aromatic rings. The van der Waals surface area contributed by atoms with E-state index >= 15 is 0 Å². The lowest BCUT2D eigenvalue weighted by Gasteiger charge is -2.05. The molecule has 0 radical (unpaired) electrons. The highest BCUT2D eigenvalue weighted by Crippen LogP contribution is 2.20. The number of hydrogen-bond acceptors (Lipinski definition) is 4. The minimum atomic E-state index is 0.279. The largest absolute Gasteiger partial charge is 0.396 e. The zero-order valence-electron chi connectivity index (χ0n) is 10.4. The first kappa shape index (κ1) is 12.5. The summed E-state index contributed by atoms with van der Waals surface area (Å²) in [5.74, 6) is 0. The van der Waals surface area contributed by atoms with Gasteiger partial charge < -0.3 is 10.4 Å². The number of aliphatic hydroxyl groups excluding tert-OH is 1. The van der Waals surface area contributed by atoms with Crippen LogP contribution in [0.4, 0.5) is 0 Å². The van der Waals surface area contributed by atoms with Crippen LogP contribution in [0.25, 0.3) is 4.96 Å². The Kier molecular flexibility index (Phi) is 4.15. The van der Waals surface area contributed by atoms with Crippen LogP contribution in [0.1, 0.15) is 29.9 Å². The van der Waals surface area contributed by atoms with Crippen molar-refractivity contribution in [2.75, 3.05) is 13.2 Å². The topological polar surface area (TPSA) is 49.6 Å². The van der Waals surface area contributed by atoms with Crippen molar-refractivity contribution < 1.29 is 5.11 Å². The van der Waals surface area contributed by atoms with Gasteiger partial charge >= 0.3 is 0 Å². The maximum absolute atomic E-state index is 8.70. The summed E-state index contributed by atoms with van der Waals surface area (Å²) in [6, 6.07) is 0. The Labute approximate surface area is 105 Å². The van der Waals surface area contributed by atoms with Crippen molar-refractivity contribution in [1.82, 2.24) is 14.7 Å². The molecule has 2 N–H and O–H groups in total. The van der Waals surface area contributed by atoms with Gasteiger partial charge in [-0.3, -0.25) is 4.40 Å². The maximum Gasteiger partial charge on any atom is 0.194 e. The highest BCUT2D eigenvalue weighted by atomic mass is 32.1. The van der Waals surface area contributed by atoms with Crippen LogP contribution in [0.2, 0.25) is 0 Å². The van der Waals surface area contributed by atoms with E-state index in [9.17, 15) is 0 Å². The minimum Gasteiger partial charge on any atom is -0.396 e. The van der Waals surface area contributed by atoms with Gasteiger partial charge in [-0.1, -0.05) is 0 Å². The number of thiazole rings is 1. The highest BCUT2D eigenvalue weighted by molar-refractivity contribution is 7.15. The Balaban J connectivity index is 2.02. The van der Waals surface area contributed by atoms with Crippen LogP contribution < -0.4 is 5.32 Å². The fourth-order valence-electron chi connectivity index (χ4n) is 1.94. The molecule has 0 bridgehead atoms. The molecule has 4 nitrogen and oxygen atoms in total. The lowest BCUT2D eigenvalue weighted by molar-refractivity contribution is 0.283. The first-order valence-electron chi connectivity index (χ1n) is 5.97. The van der Waals surface area contributed by atoms with E-state index in [1.807, 2.05) is 0 Å². The minimum absolute atomic E-state index is 0.279. The molecular formula is C12H19N3OS. The molecule has 0 saturated carbocycles. The van der Waals surface area contributed by atoms with Crippen molar-refractivity contribution in [2.45, 2.75) is 33.2 Å². The Bertz CT molecular complexity index is 489. The molecular weight excluding hydrogens is 234 g/mol. The molecule has 94 valence electrons. The molecule has 0 aliphatic carbocycles. The first-order chi connectivity index (χ1) is 8.24. The van der Waals surface area contributed by atoms with E-state index in [4.69, 9.17) is 5.11 Å². The van der Waals surface area contributed by atoms with Gasteiger partial charge in [0, 0.05) is 24.2 Å². The average Bonchev–Trinajstić information content (AvgIpc) is 2.80. The number of aromatic nitrogens is 2. The number of unbranched alkanes of at least 4 members (excludes halogenated alkanes) is 1. The summed E-state index contributed by atoms with van der Waals surface area (Å²) in [5.41, 5.74) is 3.61. The summed E-state index contributed by atoms with van der Waals surface area (Å²) in [4.78, 5) is 5.63. The maximum atomic E-state index is 8.70. The normalized spacial score (nSPS) is 11.5. The molecule has 5 heteroatoms. The first-order valence-corrected chi connectivity index (χ1v) is 6.85. The summed E-state index contributed by atoms with van der Waals surface area (Å²) < 4.78 is 2.22. The molecule has 2 aromatic heterocycles. The number of aliphatic hydroxyl groups is 1. The highest BCUT2D eigenvalue weighted by Gasteiger charge is 2.11. The van der Waals surface area contributed by atoms with Gasteiger partial charge in [-0.05, 0) is 33.2 Å². The van der Waals surface area contributed by atoms with Crippen molar-refractivity contribution in [1.29, 1.82) is 0 Å². The third-order valence-corrected chi connectivity index (χ3v) is 3.83. The Morgan fingerprint density at radius 2 is 2.24 bits per heavy atom. The van der Waals surface area contributed by atoms with Crippen LogP contribution in [0.5, 0.6) is 0 Å². The third-order valence-electron chi connectivity index (χ3n) is 2.88. The zero-order chi connectivity index (χ0) is 12.3. The van der Waals surface area contributed by atoms with Gasteiger partial charge in [-0.15, -0.1) is 11.3 Å². The molecule has 0 aliphatic rings. The number of nitrogens with one attached hydrogen (secondary N) is 1. The van der Waals surface area contributed by atoms with Crippen molar-refractivity contribution in [3.8, 4) is 0 Å². The second-order valence-corrected chi connectivity index (χ2v) is 5.08. The Morgan fingerprint density at radius 1 is 1.41 bits per heavy atom. The Morgan fingerprint density at radius 3 is 3.00 bits per heavy atom. The zero-order valence-corrected chi connectivity index (χ0v) is 11.2. The van der Waals surface area contributed by atoms with Gasteiger partial charge in [0.15, 0.2) is 4.96 Å². The van der Waals surface area contributed by atoms with E-state index in [1.54, 1.807) is 11.3 Å². The number of rotatable bonds is 6. The average molecular weight is 253 g/mol. The predicted molar refractivity (Wildman–Crippen MR) is 70.6 cm³/mol. The van der Waals surface area contributed by atoms with E-state index in [0.29, 0.717) is 0 Å². The summed E-state index contributed by atoms with van der Waals surface area (Å²) >= 11 is 1.69. The Hall–Kier alpha value is -0.910. The molecule has 0 amide bonds. The van der Waals surface area contributed by atoms with Crippen LogP contribution in [-0.2, 0) is 6.54 Å². The molecule has 2 heterocycles. The third kappa shape index (κ3) is 2.68. The number of fused-ring (bicyclic) bond motifs is 1. The van der Waals surface area contributed by atoms with Gasteiger partial charge in [0.2, 0.25) is 0 Å². The number of imidazole rings is 1. The summed E-state index contributed by atoms with van der Waals surface area (Å²) in [6.07, 6.45) is 1.88. The second kappa shape index (κ2) is 5.62. The molecule has 0 saturated heterocycles. The summed E-state index contributed by atoms with van der Waals surface area (Å²) in [6.45, 7) is 6.23. The summed E-state index contributed by atoms with van der Waals surface area (Å²) in [5, 5.41) is 14.2. The predicted octanol–water partition coefficient (Wildman–Crippen LogP) is 1.87. The molecule has 0 fully saturated rings. The molecule has 0 unspecified atom stereocenters. The van der Waals surface area contributed by atoms with Crippen molar-refractivity contribution >= 4 is 16.3 Å². The van der Waals surface area contributed by atoms with Gasteiger partial charge in [0.1, 0.15) is 0 Å². The fraction of sp³-hybridized carbons (Fsp3) is 0.583. The number of aryl methyl sites for hydroxylation is 2. The molecule has 2 rings (SSSR count). The molecule has 0 spiro atoms. The van der Waals surface area contributed by atoms with Crippen LogP contribution >= 0.6 is 11.3 Å². The number of nitrogens with zero attached hydrogens (tertiary/aromatic N) is 2. The van der Waals surface area contributed by atoms with E-state index in [2.05, 4.69) is 33.9 Å². The fourth-order valence-corrected chi connectivity index (χ4v) is 2.87. The van der Waals surface area contributed by atoms with Crippen molar-refractivity contribution in [2.24, 2.45) is 0 Å². The van der Waals surface area contributed by atoms with Crippen LogP contribution in [0.15, 0.2) is 5.38 Å². The standard InChI is InChI=1S/C12H19N3OS/c1-9-8-17-12-14-10(2)11(15(9)12)7-13-5-3-4-6-16/h8,13,16H,3-7H2,1-2H3. The number of hydrogen-bond donors (Lipinski definition) is 2. The smallest absolute Gasteiger partial charge is 0.194 e. The van der Waals surface area contributed by atoms with Crippen molar-refractivity contribution in [3.63, 3.8) is 0 Å². The van der Waals surface area contributed by atoms with Gasteiger partial charge in [0.05, 0.1) is 11.4 Å². The molecule has 0 aromatic carbocycles. The monoisotopic (exact) mass is 253 g/mol. The van der Waals surface area contributed by atoms with Crippen molar-refractivity contribution in [3.05, 3.63) is 22.5 Å². The van der Waals surface area contributed by atoms with E-state index in [0.717, 1.165) is 36.6 Å². The summed E-state index contributed by atoms with van der Waals surface area (Å²) in [7, 11) is 0. The van der Waals surface area contributed by atoms with Gasteiger partial charge in [-0.25, -0.2) is 4.98 Å². The SMILES string of the molecule is Cc1nc2scc(C)n2c1CNCCCCO. The quantitative estimate of drug-likeness (QED) is 0.773. The van der Waals surface area contributed by atoms with Crippen LogP contribution in [0, 0.1) is 13.8 Å². The molecule has 0 aliphatic heterocycles. The lowest BCUT2D eigenvalue weighted by atomic mass is 10.3. The van der Waals surface area contributed by atoms with E-state index in [1.165, 1.54) is 11.4 Å². The van der Waals surface area contributed by atoms with E-state index in [-0.39, 0.29) is 6.61 Å². The lowest BCUT2D eigenvalue weighted by Crippen LogP contribution is -2.17. The molecule has 0 atom stereocenters. The molecule has 17 heavy (non-hydrogen) atoms. The van der Waals surface area contributed by atoms with Gasteiger partial charge in [0.25, 0.3) is 0 Å². The van der Waals surface area contributed by atoms with Gasteiger partial charge in [-0.2, -0.15) is 0 Å². The van der Waals surface area contributed by atoms with Crippen LogP contribution in [-0.4, -0.2) is 27.6 Å².